The highest BCUT2D eigenvalue weighted by Crippen LogP contribution is 2.29. The largest absolute Gasteiger partial charge is 0.461 e. The van der Waals surface area contributed by atoms with Gasteiger partial charge in [0, 0.05) is 37.8 Å². The molecule has 2 aromatic rings. The number of hydrogen-bond acceptors (Lipinski definition) is 7. The molecule has 0 aliphatic carbocycles. The van der Waals surface area contributed by atoms with E-state index < -0.39 is 16.0 Å². The number of carbonyl (C=O) groups excluding carboxylic acids is 1. The van der Waals surface area contributed by atoms with E-state index >= 15 is 0 Å². The number of hydrogen-bond donors (Lipinski definition) is 0. The fraction of sp³-hybridized carbons (Fsp3) is 0.533. The van der Waals surface area contributed by atoms with Crippen molar-refractivity contribution in [1.82, 2.24) is 19.2 Å². The van der Waals surface area contributed by atoms with Crippen molar-refractivity contribution in [3.8, 4) is 0 Å². The van der Waals surface area contributed by atoms with Crippen LogP contribution in [0.15, 0.2) is 9.42 Å². The highest BCUT2D eigenvalue weighted by Gasteiger charge is 2.36. The average Bonchev–Trinajstić information content (AvgIpc) is 3.07. The summed E-state index contributed by atoms with van der Waals surface area (Å²) in [6.07, 6.45) is 0.459. The van der Waals surface area contributed by atoms with Gasteiger partial charge in [-0.15, -0.1) is 0 Å². The molecule has 0 spiro atoms. The second-order valence-electron chi connectivity index (χ2n) is 5.86. The van der Waals surface area contributed by atoms with E-state index in [1.807, 2.05) is 0 Å². The highest BCUT2D eigenvalue weighted by molar-refractivity contribution is 7.89. The zero-order chi connectivity index (χ0) is 18.4. The van der Waals surface area contributed by atoms with Gasteiger partial charge in [-0.05, 0) is 20.8 Å². The third-order valence-corrected chi connectivity index (χ3v) is 6.33. The number of ether oxygens (including phenoxy) is 1. The summed E-state index contributed by atoms with van der Waals surface area (Å²) in [4.78, 5) is 12.2. The second kappa shape index (κ2) is 6.26. The van der Waals surface area contributed by atoms with Gasteiger partial charge in [0.25, 0.3) is 0 Å². The standard InChI is InChI=1S/C15H20N4O5S/c1-5-23-15(20)13-11-8-19(7-6-12(11)18(4)16-13)25(21,22)14-9(2)17-24-10(14)3/h5-8H2,1-4H3. The quantitative estimate of drug-likeness (QED) is 0.739. The third-order valence-electron chi connectivity index (χ3n) is 4.24. The molecule has 0 saturated heterocycles. The number of aryl methyl sites for hydroxylation is 3. The Hall–Kier alpha value is -2.20. The van der Waals surface area contributed by atoms with Crippen LogP contribution in [0.4, 0.5) is 0 Å². The van der Waals surface area contributed by atoms with Crippen molar-refractivity contribution in [2.24, 2.45) is 7.05 Å². The van der Waals surface area contributed by atoms with Crippen LogP contribution in [0.25, 0.3) is 0 Å². The van der Waals surface area contributed by atoms with Crippen molar-refractivity contribution in [3.63, 3.8) is 0 Å². The molecule has 0 fully saturated rings. The molecule has 0 saturated carbocycles. The van der Waals surface area contributed by atoms with E-state index in [1.54, 1.807) is 32.5 Å². The maximum absolute atomic E-state index is 13.0. The average molecular weight is 368 g/mol. The van der Waals surface area contributed by atoms with Crippen molar-refractivity contribution in [1.29, 1.82) is 0 Å². The van der Waals surface area contributed by atoms with E-state index in [1.165, 1.54) is 4.31 Å². The Morgan fingerprint density at radius 3 is 2.68 bits per heavy atom. The maximum atomic E-state index is 13.0. The van der Waals surface area contributed by atoms with E-state index in [-0.39, 0.29) is 29.5 Å². The molecule has 0 amide bonds. The Kier molecular flexibility index (Phi) is 4.41. The molecule has 1 aliphatic rings. The van der Waals surface area contributed by atoms with E-state index in [0.29, 0.717) is 24.2 Å². The Bertz CT molecular complexity index is 909. The van der Waals surface area contributed by atoms with Crippen molar-refractivity contribution < 1.29 is 22.5 Å². The zero-order valence-corrected chi connectivity index (χ0v) is 15.4. The molecule has 3 heterocycles. The molecule has 136 valence electrons. The Morgan fingerprint density at radius 1 is 1.36 bits per heavy atom. The van der Waals surface area contributed by atoms with Gasteiger partial charge in [-0.25, -0.2) is 13.2 Å². The van der Waals surface area contributed by atoms with Crippen molar-refractivity contribution >= 4 is 16.0 Å². The smallest absolute Gasteiger partial charge is 0.359 e. The topological polar surface area (TPSA) is 108 Å². The summed E-state index contributed by atoms with van der Waals surface area (Å²) in [7, 11) is -2.04. The van der Waals surface area contributed by atoms with Gasteiger partial charge in [-0.3, -0.25) is 4.68 Å². The van der Waals surface area contributed by atoms with Gasteiger partial charge in [0.1, 0.15) is 10.6 Å². The monoisotopic (exact) mass is 368 g/mol. The predicted octanol–water partition coefficient (Wildman–Crippen LogP) is 0.949. The van der Waals surface area contributed by atoms with Crippen molar-refractivity contribution in [3.05, 3.63) is 28.4 Å². The summed E-state index contributed by atoms with van der Waals surface area (Å²) in [5.41, 5.74) is 1.91. The SMILES string of the molecule is CCOC(=O)c1nn(C)c2c1CN(S(=O)(=O)c1c(C)noc1C)CC2. The van der Waals surface area contributed by atoms with Crippen molar-refractivity contribution in [2.45, 2.75) is 38.6 Å². The Morgan fingerprint density at radius 2 is 2.08 bits per heavy atom. The molecular formula is C15H20N4O5S. The lowest BCUT2D eigenvalue weighted by Crippen LogP contribution is -2.37. The molecule has 0 N–H and O–H groups in total. The fourth-order valence-electron chi connectivity index (χ4n) is 3.11. The van der Waals surface area contributed by atoms with Crippen molar-refractivity contribution in [2.75, 3.05) is 13.2 Å². The first-order valence-electron chi connectivity index (χ1n) is 7.92. The van der Waals surface area contributed by atoms with Crippen LogP contribution in [0.3, 0.4) is 0 Å². The van der Waals surface area contributed by atoms with Crippen LogP contribution < -0.4 is 0 Å². The Balaban J connectivity index is 1.99. The third kappa shape index (κ3) is 2.85. The lowest BCUT2D eigenvalue weighted by atomic mass is 10.1. The minimum Gasteiger partial charge on any atom is -0.461 e. The summed E-state index contributed by atoms with van der Waals surface area (Å²) in [6, 6.07) is 0. The molecule has 2 aromatic heterocycles. The highest BCUT2D eigenvalue weighted by atomic mass is 32.2. The van der Waals surface area contributed by atoms with E-state index in [0.717, 1.165) is 5.69 Å². The normalized spacial score (nSPS) is 15.2. The summed E-state index contributed by atoms with van der Waals surface area (Å²) >= 11 is 0. The van der Waals surface area contributed by atoms with Gasteiger partial charge < -0.3 is 9.26 Å². The van der Waals surface area contributed by atoms with Gasteiger partial charge in [0.2, 0.25) is 10.0 Å². The number of nitrogens with zero attached hydrogens (tertiary/aromatic N) is 4. The van der Waals surface area contributed by atoms with E-state index in [2.05, 4.69) is 10.3 Å². The number of rotatable bonds is 4. The van der Waals surface area contributed by atoms with Crippen LogP contribution >= 0.6 is 0 Å². The van der Waals surface area contributed by atoms with Crippen LogP contribution in [0.1, 0.15) is 40.1 Å². The molecule has 0 bridgehead atoms. The fourth-order valence-corrected chi connectivity index (χ4v) is 4.81. The Labute approximate surface area is 145 Å². The number of aromatic nitrogens is 3. The molecule has 3 rings (SSSR count). The van der Waals surface area contributed by atoms with Crippen LogP contribution in [0, 0.1) is 13.8 Å². The first-order chi connectivity index (χ1) is 11.8. The van der Waals surface area contributed by atoms with Crippen LogP contribution in [-0.4, -0.2) is 46.8 Å². The second-order valence-corrected chi connectivity index (χ2v) is 7.73. The van der Waals surface area contributed by atoms with Gasteiger partial charge in [-0.1, -0.05) is 5.16 Å². The first-order valence-corrected chi connectivity index (χ1v) is 9.36. The number of carbonyl (C=O) groups is 1. The van der Waals surface area contributed by atoms with Gasteiger partial charge in [-0.2, -0.15) is 9.40 Å². The lowest BCUT2D eigenvalue weighted by molar-refractivity contribution is 0.0516. The summed E-state index contributed by atoms with van der Waals surface area (Å²) in [5, 5.41) is 7.94. The number of sulfonamides is 1. The lowest BCUT2D eigenvalue weighted by Gasteiger charge is -2.26. The molecule has 0 atom stereocenters. The molecule has 25 heavy (non-hydrogen) atoms. The molecule has 9 nitrogen and oxygen atoms in total. The molecule has 1 aliphatic heterocycles. The number of fused-ring (bicyclic) bond motifs is 1. The minimum atomic E-state index is -3.78. The molecule has 10 heteroatoms. The van der Waals surface area contributed by atoms with Gasteiger partial charge in [0.15, 0.2) is 11.5 Å². The first kappa shape index (κ1) is 17.6. The maximum Gasteiger partial charge on any atom is 0.359 e. The summed E-state index contributed by atoms with van der Waals surface area (Å²) in [6.45, 7) is 5.45. The summed E-state index contributed by atoms with van der Waals surface area (Å²) < 4.78 is 39.0. The minimum absolute atomic E-state index is 0.0592. The van der Waals surface area contributed by atoms with Crippen LogP contribution in [-0.2, 0) is 34.8 Å². The van der Waals surface area contributed by atoms with Crippen LogP contribution in [0.2, 0.25) is 0 Å². The molecule has 0 aromatic carbocycles. The number of esters is 1. The van der Waals surface area contributed by atoms with E-state index in [4.69, 9.17) is 9.26 Å². The predicted molar refractivity (Wildman–Crippen MR) is 86.4 cm³/mol. The zero-order valence-electron chi connectivity index (χ0n) is 14.6. The molecular weight excluding hydrogens is 348 g/mol. The van der Waals surface area contributed by atoms with Gasteiger partial charge >= 0.3 is 5.97 Å². The van der Waals surface area contributed by atoms with E-state index in [9.17, 15) is 13.2 Å². The summed E-state index contributed by atoms with van der Waals surface area (Å²) in [5.74, 6) is -0.295. The molecule has 0 radical (unpaired) electrons. The van der Waals surface area contributed by atoms with Crippen LogP contribution in [0.5, 0.6) is 0 Å². The molecule has 0 unspecified atom stereocenters. The van der Waals surface area contributed by atoms with Gasteiger partial charge in [0.05, 0.1) is 6.61 Å².